The van der Waals surface area contributed by atoms with E-state index in [0.717, 1.165) is 0 Å². The molecule has 1 saturated heterocycles. The van der Waals surface area contributed by atoms with E-state index in [2.05, 4.69) is 0 Å². The predicted octanol–water partition coefficient (Wildman–Crippen LogP) is 2.42. The minimum atomic E-state index is -0.206. The molecule has 108 valence electrons. The molecule has 20 heavy (non-hydrogen) atoms. The summed E-state index contributed by atoms with van der Waals surface area (Å²) in [6.07, 6.45) is 0. The van der Waals surface area contributed by atoms with Crippen molar-refractivity contribution in [1.82, 2.24) is 9.80 Å². The van der Waals surface area contributed by atoms with Crippen LogP contribution in [0.5, 0.6) is 0 Å². The lowest BCUT2D eigenvalue weighted by Crippen LogP contribution is -2.58. The van der Waals surface area contributed by atoms with Gasteiger partial charge in [0.2, 0.25) is 5.91 Å². The second kappa shape index (κ2) is 5.44. The first-order chi connectivity index (χ1) is 9.29. The number of rotatable bonds is 1. The molecule has 2 amide bonds. The van der Waals surface area contributed by atoms with Crippen LogP contribution in [0.1, 0.15) is 31.1 Å². The molecule has 2 rings (SSSR count). The van der Waals surface area contributed by atoms with Gasteiger partial charge in [0, 0.05) is 29.2 Å². The minimum absolute atomic E-state index is 0.0147. The first-order valence-corrected chi connectivity index (χ1v) is 7.02. The molecule has 4 nitrogen and oxygen atoms in total. The zero-order chi connectivity index (χ0) is 14.9. The number of hydrogen-bond acceptors (Lipinski definition) is 2. The second-order valence-electron chi connectivity index (χ2n) is 5.95. The van der Waals surface area contributed by atoms with Gasteiger partial charge >= 0.3 is 0 Å². The largest absolute Gasteiger partial charge is 0.335 e. The Kier molecular flexibility index (Phi) is 4.04. The predicted molar refractivity (Wildman–Crippen MR) is 78.8 cm³/mol. The van der Waals surface area contributed by atoms with Gasteiger partial charge in [0.05, 0.1) is 0 Å². The first kappa shape index (κ1) is 14.9. The molecule has 0 unspecified atom stereocenters. The van der Waals surface area contributed by atoms with Crippen LogP contribution in [0.25, 0.3) is 0 Å². The summed E-state index contributed by atoms with van der Waals surface area (Å²) in [4.78, 5) is 27.9. The Hall–Kier alpha value is -1.55. The fraction of sp³-hybridized carbons (Fsp3) is 0.467. The molecule has 1 heterocycles. The number of nitrogens with zero attached hydrogens (tertiary/aromatic N) is 2. The summed E-state index contributed by atoms with van der Waals surface area (Å²) in [5.41, 5.74) is 0.317. The third-order valence-electron chi connectivity index (χ3n) is 3.39. The molecule has 0 spiro atoms. The Bertz CT molecular complexity index is 537. The number of halogens is 1. The molecule has 1 fully saturated rings. The molecule has 0 aromatic heterocycles. The smallest absolute Gasteiger partial charge is 0.254 e. The van der Waals surface area contributed by atoms with Crippen molar-refractivity contribution in [1.29, 1.82) is 0 Å². The van der Waals surface area contributed by atoms with Gasteiger partial charge in [-0.25, -0.2) is 0 Å². The third-order valence-corrected chi connectivity index (χ3v) is 3.62. The van der Waals surface area contributed by atoms with Crippen molar-refractivity contribution in [2.45, 2.75) is 26.3 Å². The maximum Gasteiger partial charge on any atom is 0.254 e. The lowest BCUT2D eigenvalue weighted by Gasteiger charge is -2.42. The summed E-state index contributed by atoms with van der Waals surface area (Å²) in [5.74, 6) is -0.159. The number of amides is 2. The normalized spacial score (nSPS) is 16.5. The van der Waals surface area contributed by atoms with Crippen LogP contribution in [-0.4, -0.2) is 46.8 Å². The molecular formula is C15H19ClN2O2. The lowest BCUT2D eigenvalue weighted by atomic mass is 10.0. The molecule has 5 heteroatoms. The van der Waals surface area contributed by atoms with E-state index < -0.39 is 0 Å². The highest BCUT2D eigenvalue weighted by molar-refractivity contribution is 6.30. The van der Waals surface area contributed by atoms with E-state index in [4.69, 9.17) is 11.6 Å². The molecule has 1 aliphatic heterocycles. The van der Waals surface area contributed by atoms with Crippen LogP contribution in [0, 0.1) is 0 Å². The molecule has 0 N–H and O–H groups in total. The quantitative estimate of drug-likeness (QED) is 0.798. The topological polar surface area (TPSA) is 40.6 Å². The third kappa shape index (κ3) is 3.12. The lowest BCUT2D eigenvalue weighted by molar-refractivity contribution is -0.140. The van der Waals surface area contributed by atoms with Gasteiger partial charge < -0.3 is 9.80 Å². The van der Waals surface area contributed by atoms with Gasteiger partial charge in [-0.15, -0.1) is 0 Å². The number of carbonyl (C=O) groups excluding carboxylic acids is 2. The van der Waals surface area contributed by atoms with Crippen LogP contribution >= 0.6 is 11.6 Å². The molecular weight excluding hydrogens is 276 g/mol. The molecule has 1 aromatic carbocycles. The highest BCUT2D eigenvalue weighted by Gasteiger charge is 2.33. The maximum absolute atomic E-state index is 12.4. The van der Waals surface area contributed by atoms with E-state index in [1.54, 1.807) is 29.2 Å². The Labute approximate surface area is 124 Å². The molecule has 1 aliphatic rings. The van der Waals surface area contributed by atoms with Crippen LogP contribution in [-0.2, 0) is 4.79 Å². The van der Waals surface area contributed by atoms with Crippen LogP contribution < -0.4 is 0 Å². The second-order valence-corrected chi connectivity index (χ2v) is 6.39. The van der Waals surface area contributed by atoms with Crippen LogP contribution in [0.3, 0.4) is 0 Å². The fourth-order valence-electron chi connectivity index (χ4n) is 2.36. The van der Waals surface area contributed by atoms with Crippen molar-refractivity contribution in [2.24, 2.45) is 0 Å². The summed E-state index contributed by atoms with van der Waals surface area (Å²) < 4.78 is 0. The van der Waals surface area contributed by atoms with Crippen LogP contribution in [0.2, 0.25) is 5.02 Å². The Morgan fingerprint density at radius 2 is 1.95 bits per heavy atom. The van der Waals surface area contributed by atoms with Crippen LogP contribution in [0.15, 0.2) is 24.3 Å². The standard InChI is InChI=1S/C15H19ClN2O2/c1-15(2,3)18-8-7-17(10-13(18)19)14(20)11-5-4-6-12(16)9-11/h4-6,9H,7-8,10H2,1-3H3. The average molecular weight is 295 g/mol. The Morgan fingerprint density at radius 3 is 2.50 bits per heavy atom. The van der Waals surface area contributed by atoms with Gasteiger partial charge in [-0.2, -0.15) is 0 Å². The summed E-state index contributed by atoms with van der Waals surface area (Å²) in [7, 11) is 0. The average Bonchev–Trinajstić information content (AvgIpc) is 2.36. The van der Waals surface area contributed by atoms with Crippen molar-refractivity contribution in [3.63, 3.8) is 0 Å². The number of carbonyl (C=O) groups is 2. The van der Waals surface area contributed by atoms with E-state index in [1.807, 2.05) is 25.7 Å². The first-order valence-electron chi connectivity index (χ1n) is 6.64. The molecule has 0 bridgehead atoms. The van der Waals surface area contributed by atoms with E-state index in [-0.39, 0.29) is 23.9 Å². The summed E-state index contributed by atoms with van der Waals surface area (Å²) in [5, 5.41) is 0.524. The van der Waals surface area contributed by atoms with Gasteiger partial charge in [0.15, 0.2) is 0 Å². The molecule has 0 radical (unpaired) electrons. The van der Waals surface area contributed by atoms with Crippen molar-refractivity contribution in [3.05, 3.63) is 34.9 Å². The number of piperazine rings is 1. The summed E-state index contributed by atoms with van der Waals surface area (Å²) in [6.45, 7) is 7.24. The number of hydrogen-bond donors (Lipinski definition) is 0. The highest BCUT2D eigenvalue weighted by Crippen LogP contribution is 2.19. The van der Waals surface area contributed by atoms with E-state index in [0.29, 0.717) is 23.7 Å². The van der Waals surface area contributed by atoms with Gasteiger partial charge in [-0.1, -0.05) is 17.7 Å². The Morgan fingerprint density at radius 1 is 1.25 bits per heavy atom. The summed E-state index contributed by atoms with van der Waals surface area (Å²) >= 11 is 5.89. The van der Waals surface area contributed by atoms with Crippen LogP contribution in [0.4, 0.5) is 0 Å². The number of benzene rings is 1. The molecule has 0 atom stereocenters. The van der Waals surface area contributed by atoms with E-state index in [1.165, 1.54) is 0 Å². The SMILES string of the molecule is CC(C)(C)N1CCN(C(=O)c2cccc(Cl)c2)CC1=O. The molecule has 0 aliphatic carbocycles. The molecule has 0 saturated carbocycles. The zero-order valence-corrected chi connectivity index (χ0v) is 12.8. The van der Waals surface area contributed by atoms with Gasteiger partial charge in [-0.3, -0.25) is 9.59 Å². The van der Waals surface area contributed by atoms with Crippen molar-refractivity contribution in [2.75, 3.05) is 19.6 Å². The van der Waals surface area contributed by atoms with Gasteiger partial charge in [-0.05, 0) is 39.0 Å². The van der Waals surface area contributed by atoms with Crippen molar-refractivity contribution >= 4 is 23.4 Å². The Balaban J connectivity index is 2.10. The van der Waals surface area contributed by atoms with E-state index in [9.17, 15) is 9.59 Å². The minimum Gasteiger partial charge on any atom is -0.335 e. The van der Waals surface area contributed by atoms with Gasteiger partial charge in [0.25, 0.3) is 5.91 Å². The van der Waals surface area contributed by atoms with Crippen molar-refractivity contribution in [3.8, 4) is 0 Å². The van der Waals surface area contributed by atoms with Crippen molar-refractivity contribution < 1.29 is 9.59 Å². The zero-order valence-electron chi connectivity index (χ0n) is 12.0. The highest BCUT2D eigenvalue weighted by atomic mass is 35.5. The van der Waals surface area contributed by atoms with Gasteiger partial charge in [0.1, 0.15) is 6.54 Å². The maximum atomic E-state index is 12.4. The monoisotopic (exact) mass is 294 g/mol. The summed E-state index contributed by atoms with van der Waals surface area (Å²) in [6, 6.07) is 6.81. The van der Waals surface area contributed by atoms with E-state index >= 15 is 0 Å². The molecule has 1 aromatic rings. The fourth-order valence-corrected chi connectivity index (χ4v) is 2.55.